The van der Waals surface area contributed by atoms with Gasteiger partial charge in [0, 0.05) is 31.9 Å². The molecule has 1 fully saturated rings. The third kappa shape index (κ3) is 4.05. The van der Waals surface area contributed by atoms with Gasteiger partial charge in [-0.15, -0.1) is 0 Å². The maximum atomic E-state index is 12.4. The lowest BCUT2D eigenvalue weighted by atomic mass is 10.0. The summed E-state index contributed by atoms with van der Waals surface area (Å²) in [5.41, 5.74) is 1.86. The molecule has 0 aliphatic carbocycles. The van der Waals surface area contributed by atoms with Crippen molar-refractivity contribution in [2.24, 2.45) is 7.05 Å². The molecule has 0 aromatic carbocycles. The molecule has 1 saturated heterocycles. The van der Waals surface area contributed by atoms with E-state index in [1.54, 1.807) is 17.7 Å². The predicted molar refractivity (Wildman–Crippen MR) is 94.4 cm³/mol. The highest BCUT2D eigenvalue weighted by Crippen LogP contribution is 2.15. The number of hydrogen-bond donors (Lipinski definition) is 2. The van der Waals surface area contributed by atoms with Gasteiger partial charge < -0.3 is 15.0 Å². The van der Waals surface area contributed by atoms with Crippen molar-refractivity contribution in [3.05, 3.63) is 33.2 Å². The Morgan fingerprint density at radius 2 is 2.17 bits per heavy atom. The molecule has 1 aliphatic heterocycles. The molecule has 2 heterocycles. The van der Waals surface area contributed by atoms with Crippen LogP contribution in [0.3, 0.4) is 0 Å². The fourth-order valence-corrected chi connectivity index (χ4v) is 3.58. The molecule has 0 bridgehead atoms. The van der Waals surface area contributed by atoms with Gasteiger partial charge in [0.1, 0.15) is 5.56 Å². The second kappa shape index (κ2) is 8.44. The molecule has 6 heteroatoms. The first-order chi connectivity index (χ1) is 11.5. The van der Waals surface area contributed by atoms with Gasteiger partial charge in [-0.1, -0.05) is 13.3 Å². The fraction of sp³-hybridized carbons (Fsp3) is 0.667. The van der Waals surface area contributed by atoms with Crippen molar-refractivity contribution in [3.8, 4) is 0 Å². The Kier molecular flexibility index (Phi) is 6.57. The summed E-state index contributed by atoms with van der Waals surface area (Å²) in [6.45, 7) is 6.21. The number of aliphatic hydroxyl groups is 1. The Bertz CT molecular complexity index is 639. The Morgan fingerprint density at radius 3 is 2.83 bits per heavy atom. The summed E-state index contributed by atoms with van der Waals surface area (Å²) in [5, 5.41) is 12.3. The van der Waals surface area contributed by atoms with Crippen LogP contribution in [-0.2, 0) is 13.5 Å². The van der Waals surface area contributed by atoms with Crippen molar-refractivity contribution < 1.29 is 9.90 Å². The van der Waals surface area contributed by atoms with Crippen LogP contribution in [0.15, 0.2) is 10.9 Å². The molecule has 2 rings (SSSR count). The standard InChI is InChI=1S/C18H29N3O3/c1-4-16-13(2)11-15(18(24)20(16)3)17(23)19-8-10-21-9-6-5-7-14(21)12-22/h11,14,22H,4-10,12H2,1-3H3,(H,19,23). The number of hydrogen-bond acceptors (Lipinski definition) is 4. The number of aromatic nitrogens is 1. The molecule has 0 spiro atoms. The maximum Gasteiger partial charge on any atom is 0.263 e. The molecule has 0 saturated carbocycles. The molecule has 134 valence electrons. The van der Waals surface area contributed by atoms with Crippen LogP contribution in [0.5, 0.6) is 0 Å². The minimum atomic E-state index is -0.320. The molecule has 1 aliphatic rings. The van der Waals surface area contributed by atoms with Crippen LogP contribution in [0.1, 0.15) is 47.8 Å². The van der Waals surface area contributed by atoms with Crippen molar-refractivity contribution in [3.63, 3.8) is 0 Å². The lowest BCUT2D eigenvalue weighted by molar-refractivity contribution is 0.0848. The zero-order valence-electron chi connectivity index (χ0n) is 15.0. The average Bonchev–Trinajstić information content (AvgIpc) is 2.58. The Morgan fingerprint density at radius 1 is 1.42 bits per heavy atom. The van der Waals surface area contributed by atoms with Crippen LogP contribution in [0.4, 0.5) is 0 Å². The second-order valence-electron chi connectivity index (χ2n) is 6.53. The van der Waals surface area contributed by atoms with Crippen molar-refractivity contribution in [2.45, 2.75) is 45.6 Å². The van der Waals surface area contributed by atoms with E-state index in [2.05, 4.69) is 10.2 Å². The molecule has 24 heavy (non-hydrogen) atoms. The first-order valence-electron chi connectivity index (χ1n) is 8.82. The normalized spacial score (nSPS) is 18.6. The van der Waals surface area contributed by atoms with Gasteiger partial charge in [-0.3, -0.25) is 14.5 Å². The first kappa shape index (κ1) is 18.7. The number of nitrogens with zero attached hydrogens (tertiary/aromatic N) is 2. The van der Waals surface area contributed by atoms with Crippen LogP contribution >= 0.6 is 0 Å². The van der Waals surface area contributed by atoms with Crippen LogP contribution < -0.4 is 10.9 Å². The molecule has 1 atom stereocenters. The maximum absolute atomic E-state index is 12.4. The lowest BCUT2D eigenvalue weighted by Gasteiger charge is -2.34. The number of carbonyl (C=O) groups is 1. The quantitative estimate of drug-likeness (QED) is 0.808. The van der Waals surface area contributed by atoms with Gasteiger partial charge in [0.2, 0.25) is 0 Å². The lowest BCUT2D eigenvalue weighted by Crippen LogP contribution is -2.46. The Balaban J connectivity index is 1.99. The molecule has 1 aromatic rings. The van der Waals surface area contributed by atoms with Crippen LogP contribution in [0.25, 0.3) is 0 Å². The number of amides is 1. The summed E-state index contributed by atoms with van der Waals surface area (Å²) in [5.74, 6) is -0.320. The molecular weight excluding hydrogens is 306 g/mol. The Hall–Kier alpha value is -1.66. The monoisotopic (exact) mass is 335 g/mol. The van der Waals surface area contributed by atoms with Crippen molar-refractivity contribution >= 4 is 5.91 Å². The second-order valence-corrected chi connectivity index (χ2v) is 6.53. The van der Waals surface area contributed by atoms with Gasteiger partial charge in [0.25, 0.3) is 11.5 Å². The van der Waals surface area contributed by atoms with E-state index in [0.717, 1.165) is 43.5 Å². The highest BCUT2D eigenvalue weighted by molar-refractivity contribution is 5.94. The number of pyridine rings is 1. The molecule has 2 N–H and O–H groups in total. The smallest absolute Gasteiger partial charge is 0.263 e. The number of aryl methyl sites for hydroxylation is 1. The minimum Gasteiger partial charge on any atom is -0.395 e. The van der Waals surface area contributed by atoms with E-state index in [1.807, 2.05) is 13.8 Å². The van der Waals surface area contributed by atoms with Gasteiger partial charge in [-0.2, -0.15) is 0 Å². The summed E-state index contributed by atoms with van der Waals surface area (Å²) in [4.78, 5) is 26.9. The SMILES string of the molecule is CCc1c(C)cc(C(=O)NCCN2CCCCC2CO)c(=O)n1C. The molecule has 1 unspecified atom stereocenters. The third-order valence-electron chi connectivity index (χ3n) is 4.98. The van der Waals surface area contributed by atoms with E-state index < -0.39 is 0 Å². The first-order valence-corrected chi connectivity index (χ1v) is 8.82. The van der Waals surface area contributed by atoms with Crippen LogP contribution in [-0.4, -0.2) is 52.8 Å². The van der Waals surface area contributed by atoms with Gasteiger partial charge in [0.15, 0.2) is 0 Å². The van der Waals surface area contributed by atoms with E-state index in [0.29, 0.717) is 13.1 Å². The number of piperidine rings is 1. The van der Waals surface area contributed by atoms with Gasteiger partial charge in [-0.25, -0.2) is 0 Å². The van der Waals surface area contributed by atoms with Gasteiger partial charge >= 0.3 is 0 Å². The zero-order chi connectivity index (χ0) is 17.7. The molecule has 1 amide bonds. The van der Waals surface area contributed by atoms with Crippen LogP contribution in [0, 0.1) is 6.92 Å². The predicted octanol–water partition coefficient (Wildman–Crippen LogP) is 0.833. The summed E-state index contributed by atoms with van der Waals surface area (Å²) in [6, 6.07) is 1.88. The zero-order valence-corrected chi connectivity index (χ0v) is 15.0. The number of rotatable bonds is 6. The highest BCUT2D eigenvalue weighted by atomic mass is 16.3. The summed E-state index contributed by atoms with van der Waals surface area (Å²) in [6.07, 6.45) is 4.04. The van der Waals surface area contributed by atoms with Gasteiger partial charge in [-0.05, 0) is 44.4 Å². The van der Waals surface area contributed by atoms with E-state index in [1.165, 1.54) is 0 Å². The van der Waals surface area contributed by atoms with Crippen molar-refractivity contribution in [2.75, 3.05) is 26.2 Å². The van der Waals surface area contributed by atoms with E-state index in [4.69, 9.17) is 0 Å². The third-order valence-corrected chi connectivity index (χ3v) is 4.98. The van der Waals surface area contributed by atoms with Crippen molar-refractivity contribution in [1.82, 2.24) is 14.8 Å². The average molecular weight is 335 g/mol. The van der Waals surface area contributed by atoms with E-state index in [9.17, 15) is 14.7 Å². The molecular formula is C18H29N3O3. The molecule has 1 aromatic heterocycles. The molecule has 6 nitrogen and oxygen atoms in total. The summed E-state index contributed by atoms with van der Waals surface area (Å²) in [7, 11) is 1.71. The number of carbonyl (C=O) groups excluding carboxylic acids is 1. The number of likely N-dealkylation sites (tertiary alicyclic amines) is 1. The summed E-state index contributed by atoms with van der Waals surface area (Å²) >= 11 is 0. The fourth-order valence-electron chi connectivity index (χ4n) is 3.58. The van der Waals surface area contributed by atoms with Crippen molar-refractivity contribution in [1.29, 1.82) is 0 Å². The largest absolute Gasteiger partial charge is 0.395 e. The van der Waals surface area contributed by atoms with E-state index in [-0.39, 0.29) is 29.7 Å². The van der Waals surface area contributed by atoms with E-state index >= 15 is 0 Å². The van der Waals surface area contributed by atoms with Gasteiger partial charge in [0.05, 0.1) is 6.61 Å². The Labute approximate surface area is 143 Å². The molecule has 0 radical (unpaired) electrons. The number of aliphatic hydroxyl groups excluding tert-OH is 1. The minimum absolute atomic E-state index is 0.159. The summed E-state index contributed by atoms with van der Waals surface area (Å²) < 4.78 is 1.57. The van der Waals surface area contributed by atoms with Crippen LogP contribution in [0.2, 0.25) is 0 Å². The highest BCUT2D eigenvalue weighted by Gasteiger charge is 2.21. The number of nitrogens with one attached hydrogen (secondary N) is 1. The topological polar surface area (TPSA) is 74.6 Å².